The lowest BCUT2D eigenvalue weighted by Gasteiger charge is -2.11. The van der Waals surface area contributed by atoms with Crippen molar-refractivity contribution in [1.82, 2.24) is 15.4 Å². The van der Waals surface area contributed by atoms with Gasteiger partial charge in [-0.25, -0.2) is 9.37 Å². The van der Waals surface area contributed by atoms with Crippen LogP contribution in [0.4, 0.5) is 15.9 Å². The highest BCUT2D eigenvalue weighted by atomic mass is 32.1. The number of benzene rings is 1. The number of H-pyrrole nitrogens is 1. The molecule has 0 saturated heterocycles. The quantitative estimate of drug-likeness (QED) is 0.506. The Hall–Kier alpha value is -2.15. The van der Waals surface area contributed by atoms with Crippen LogP contribution in [0.1, 0.15) is 5.69 Å². The third-order valence-electron chi connectivity index (χ3n) is 2.21. The SMILES string of the molecule is Cc1[nH]cnc1NNC(=S)Nc1cccc(F)c1. The Morgan fingerprint density at radius 2 is 2.28 bits per heavy atom. The number of hydrogen-bond acceptors (Lipinski definition) is 3. The van der Waals surface area contributed by atoms with Crippen LogP contribution in [0.25, 0.3) is 0 Å². The van der Waals surface area contributed by atoms with Crippen molar-refractivity contribution in [2.24, 2.45) is 0 Å². The minimum Gasteiger partial charge on any atom is -0.347 e. The Kier molecular flexibility index (Phi) is 3.73. The van der Waals surface area contributed by atoms with Gasteiger partial charge in [0.1, 0.15) is 5.82 Å². The second-order valence-electron chi connectivity index (χ2n) is 3.59. The third-order valence-corrected chi connectivity index (χ3v) is 2.41. The maximum atomic E-state index is 12.9. The number of nitrogens with zero attached hydrogens (tertiary/aromatic N) is 1. The summed E-state index contributed by atoms with van der Waals surface area (Å²) in [6.45, 7) is 1.88. The topological polar surface area (TPSA) is 64.8 Å². The van der Waals surface area contributed by atoms with Gasteiger partial charge in [-0.1, -0.05) is 6.07 Å². The number of imidazole rings is 1. The number of aryl methyl sites for hydroxylation is 1. The van der Waals surface area contributed by atoms with E-state index in [0.29, 0.717) is 16.6 Å². The molecule has 18 heavy (non-hydrogen) atoms. The highest BCUT2D eigenvalue weighted by Gasteiger charge is 2.01. The van der Waals surface area contributed by atoms with E-state index < -0.39 is 0 Å². The Balaban J connectivity index is 1.88. The van der Waals surface area contributed by atoms with Crippen LogP contribution in [-0.4, -0.2) is 15.1 Å². The second kappa shape index (κ2) is 5.46. The smallest absolute Gasteiger partial charge is 0.189 e. The Morgan fingerprint density at radius 3 is 2.94 bits per heavy atom. The zero-order valence-corrected chi connectivity index (χ0v) is 10.4. The maximum Gasteiger partial charge on any atom is 0.189 e. The summed E-state index contributed by atoms with van der Waals surface area (Å²) in [6.07, 6.45) is 1.57. The molecule has 0 fully saturated rings. The number of aromatic amines is 1. The van der Waals surface area contributed by atoms with Gasteiger partial charge in [-0.3, -0.25) is 10.9 Å². The van der Waals surface area contributed by atoms with Crippen LogP contribution in [0.5, 0.6) is 0 Å². The standard InChI is InChI=1S/C11H12FN5S/c1-7-10(14-6-13-7)16-17-11(18)15-9-4-2-3-8(12)5-9/h2-6,16H,1H3,(H,13,14)(H2,15,17,18). The van der Waals surface area contributed by atoms with Gasteiger partial charge in [0.2, 0.25) is 0 Å². The predicted octanol–water partition coefficient (Wildman–Crippen LogP) is 2.17. The van der Waals surface area contributed by atoms with Crippen molar-refractivity contribution in [1.29, 1.82) is 0 Å². The molecule has 0 amide bonds. The molecule has 4 N–H and O–H groups in total. The van der Waals surface area contributed by atoms with Crippen molar-refractivity contribution < 1.29 is 4.39 Å². The zero-order chi connectivity index (χ0) is 13.0. The van der Waals surface area contributed by atoms with Crippen molar-refractivity contribution in [3.05, 3.63) is 42.1 Å². The normalized spacial score (nSPS) is 9.89. The molecule has 0 atom stereocenters. The summed E-state index contributed by atoms with van der Waals surface area (Å²) in [4.78, 5) is 6.95. The third kappa shape index (κ3) is 3.17. The summed E-state index contributed by atoms with van der Waals surface area (Å²) < 4.78 is 12.9. The van der Waals surface area contributed by atoms with E-state index >= 15 is 0 Å². The lowest BCUT2D eigenvalue weighted by Crippen LogP contribution is -2.33. The van der Waals surface area contributed by atoms with Crippen LogP contribution in [0.2, 0.25) is 0 Å². The number of hydrogen-bond donors (Lipinski definition) is 4. The molecule has 0 aliphatic heterocycles. The summed E-state index contributed by atoms with van der Waals surface area (Å²) in [5, 5.41) is 3.17. The molecule has 1 aromatic carbocycles. The summed E-state index contributed by atoms with van der Waals surface area (Å²) in [7, 11) is 0. The highest BCUT2D eigenvalue weighted by molar-refractivity contribution is 7.80. The van der Waals surface area contributed by atoms with Gasteiger partial charge in [0.05, 0.1) is 12.0 Å². The summed E-state index contributed by atoms with van der Waals surface area (Å²) in [6, 6.07) is 6.04. The van der Waals surface area contributed by atoms with Gasteiger partial charge >= 0.3 is 0 Å². The fourth-order valence-corrected chi connectivity index (χ4v) is 1.50. The minimum absolute atomic E-state index is 0.320. The van der Waals surface area contributed by atoms with Gasteiger partial charge in [0.25, 0.3) is 0 Å². The summed E-state index contributed by atoms with van der Waals surface area (Å²) in [5.41, 5.74) is 7.06. The average molecular weight is 265 g/mol. The first-order valence-electron chi connectivity index (χ1n) is 5.23. The molecule has 0 saturated carbocycles. The molecule has 0 radical (unpaired) electrons. The van der Waals surface area contributed by atoms with Crippen LogP contribution in [-0.2, 0) is 0 Å². The summed E-state index contributed by atoms with van der Waals surface area (Å²) in [5.74, 6) is 0.331. The number of nitrogens with one attached hydrogen (secondary N) is 4. The lowest BCUT2D eigenvalue weighted by molar-refractivity contribution is 0.628. The largest absolute Gasteiger partial charge is 0.347 e. The molecule has 0 spiro atoms. The number of rotatable bonds is 3. The van der Waals surface area contributed by atoms with Gasteiger partial charge < -0.3 is 10.3 Å². The first-order valence-corrected chi connectivity index (χ1v) is 5.64. The Bertz CT molecular complexity index is 554. The zero-order valence-electron chi connectivity index (χ0n) is 9.62. The molecule has 0 aliphatic rings. The molecule has 94 valence electrons. The lowest BCUT2D eigenvalue weighted by atomic mass is 10.3. The first-order chi connectivity index (χ1) is 8.65. The van der Waals surface area contributed by atoms with E-state index in [0.717, 1.165) is 5.69 Å². The molecular weight excluding hydrogens is 253 g/mol. The number of thiocarbonyl (C=S) groups is 1. The Morgan fingerprint density at radius 1 is 1.44 bits per heavy atom. The van der Waals surface area contributed by atoms with Crippen LogP contribution in [0.3, 0.4) is 0 Å². The van der Waals surface area contributed by atoms with Crippen molar-refractivity contribution >= 4 is 28.8 Å². The Labute approximate surface area is 109 Å². The predicted molar refractivity (Wildman–Crippen MR) is 72.7 cm³/mol. The van der Waals surface area contributed by atoms with E-state index in [-0.39, 0.29) is 5.82 Å². The monoisotopic (exact) mass is 265 g/mol. The first kappa shape index (κ1) is 12.3. The summed E-state index contributed by atoms with van der Waals surface area (Å²) >= 11 is 5.05. The number of anilines is 2. The number of hydrazine groups is 1. The molecule has 7 heteroatoms. The van der Waals surface area contributed by atoms with Crippen LogP contribution >= 0.6 is 12.2 Å². The van der Waals surface area contributed by atoms with Crippen LogP contribution < -0.4 is 16.2 Å². The van der Waals surface area contributed by atoms with E-state index in [9.17, 15) is 4.39 Å². The van der Waals surface area contributed by atoms with Crippen LogP contribution in [0.15, 0.2) is 30.6 Å². The van der Waals surface area contributed by atoms with Gasteiger partial charge in [0, 0.05) is 5.69 Å². The molecule has 2 rings (SSSR count). The van der Waals surface area contributed by atoms with E-state index in [1.807, 2.05) is 6.92 Å². The molecular formula is C11H12FN5S. The van der Waals surface area contributed by atoms with E-state index in [2.05, 4.69) is 26.1 Å². The highest BCUT2D eigenvalue weighted by Crippen LogP contribution is 2.09. The van der Waals surface area contributed by atoms with Crippen molar-refractivity contribution in [3.63, 3.8) is 0 Å². The fourth-order valence-electron chi connectivity index (χ4n) is 1.33. The number of halogens is 1. The molecule has 0 bridgehead atoms. The fraction of sp³-hybridized carbons (Fsp3) is 0.0909. The molecule has 0 aliphatic carbocycles. The second-order valence-corrected chi connectivity index (χ2v) is 4.00. The van der Waals surface area contributed by atoms with E-state index in [1.54, 1.807) is 18.5 Å². The molecule has 5 nitrogen and oxygen atoms in total. The molecule has 1 heterocycles. The van der Waals surface area contributed by atoms with Gasteiger partial charge in [-0.05, 0) is 37.3 Å². The molecule has 2 aromatic rings. The van der Waals surface area contributed by atoms with E-state index in [1.165, 1.54) is 12.1 Å². The van der Waals surface area contributed by atoms with Gasteiger partial charge in [-0.2, -0.15) is 0 Å². The van der Waals surface area contributed by atoms with Crippen LogP contribution in [0, 0.1) is 12.7 Å². The van der Waals surface area contributed by atoms with Crippen molar-refractivity contribution in [2.75, 3.05) is 10.7 Å². The van der Waals surface area contributed by atoms with Gasteiger partial charge in [0.15, 0.2) is 10.9 Å². The van der Waals surface area contributed by atoms with Crippen molar-refractivity contribution in [3.8, 4) is 0 Å². The minimum atomic E-state index is -0.320. The van der Waals surface area contributed by atoms with E-state index in [4.69, 9.17) is 12.2 Å². The number of aromatic nitrogens is 2. The maximum absolute atomic E-state index is 12.9. The molecule has 1 aromatic heterocycles. The van der Waals surface area contributed by atoms with Crippen molar-refractivity contribution in [2.45, 2.75) is 6.92 Å². The van der Waals surface area contributed by atoms with Gasteiger partial charge in [-0.15, -0.1) is 0 Å². The average Bonchev–Trinajstić information content (AvgIpc) is 2.72. The molecule has 0 unspecified atom stereocenters.